The van der Waals surface area contributed by atoms with Crippen LogP contribution in [0, 0.1) is 5.41 Å². The Kier molecular flexibility index (Phi) is 10.2. The van der Waals surface area contributed by atoms with Crippen LogP contribution in [0.4, 0.5) is 0 Å². The first-order valence-corrected chi connectivity index (χ1v) is 10.1. The van der Waals surface area contributed by atoms with Crippen LogP contribution in [0.3, 0.4) is 0 Å². The molecule has 2 aliphatic rings. The average molecular weight is 489 g/mol. The highest BCUT2D eigenvalue weighted by Crippen LogP contribution is 2.38. The molecule has 14 heteroatoms. The molecule has 2 fully saturated rings. The Morgan fingerprint density at radius 3 is 2.09 bits per heavy atom. The number of carbonyl (C=O) groups excluding carboxylic acids is 2. The average Bonchev–Trinajstić information content (AvgIpc) is 3.11. The Morgan fingerprint density at radius 1 is 0.971 bits per heavy atom. The smallest absolute Gasteiger partial charge is 0.338 e. The molecule has 1 aromatic rings. The van der Waals surface area contributed by atoms with Crippen LogP contribution in [0.5, 0.6) is 0 Å². The first-order valence-electron chi connectivity index (χ1n) is 10.1. The highest BCUT2D eigenvalue weighted by molar-refractivity contribution is 5.89. The summed E-state index contributed by atoms with van der Waals surface area (Å²) >= 11 is 0. The summed E-state index contributed by atoms with van der Waals surface area (Å²) in [4.78, 5) is 20.9. The molecule has 0 aliphatic carbocycles. The number of hydrogen-bond acceptors (Lipinski definition) is 14. The summed E-state index contributed by atoms with van der Waals surface area (Å²) in [5, 5.41) is 74.9. The number of hydrogen-bond donors (Lipinski definition) is 8. The van der Waals surface area contributed by atoms with Gasteiger partial charge in [0.15, 0.2) is 12.4 Å². The van der Waals surface area contributed by atoms with Crippen molar-refractivity contribution in [3.8, 4) is 0 Å². The molecule has 0 aromatic heterocycles. The maximum atomic E-state index is 12.5. The van der Waals surface area contributed by atoms with Gasteiger partial charge >= 0.3 is 5.97 Å². The van der Waals surface area contributed by atoms with Gasteiger partial charge in [0.25, 0.3) is 0 Å². The zero-order valence-electron chi connectivity index (χ0n) is 17.7. The van der Waals surface area contributed by atoms with Crippen molar-refractivity contribution in [2.45, 2.75) is 54.8 Å². The Bertz CT molecular complexity index is 818. The molecule has 34 heavy (non-hydrogen) atoms. The quantitative estimate of drug-likeness (QED) is 0.105. The van der Waals surface area contributed by atoms with Crippen molar-refractivity contribution in [3.63, 3.8) is 0 Å². The predicted molar refractivity (Wildman–Crippen MR) is 107 cm³/mol. The van der Waals surface area contributed by atoms with Crippen LogP contribution in [-0.4, -0.2) is 122 Å². The SMILES string of the molecule is N=C=O.O=C(O[C@H]1[C@H](O)[C@@H](CO)O[C@@]1(CO)O[C@H]1O[C@H](CO)[C@@H](O)[C@H](O)[C@H]1O)c1ccccc1. The Balaban J connectivity index is 0.00000129. The lowest BCUT2D eigenvalue weighted by atomic mass is 9.99. The van der Waals surface area contributed by atoms with Crippen LogP contribution in [0.25, 0.3) is 0 Å². The van der Waals surface area contributed by atoms with Crippen molar-refractivity contribution >= 4 is 12.0 Å². The van der Waals surface area contributed by atoms with E-state index in [0.717, 1.165) is 6.08 Å². The van der Waals surface area contributed by atoms with E-state index in [1.54, 1.807) is 18.2 Å². The lowest BCUT2D eigenvalue weighted by Crippen LogP contribution is -2.63. The summed E-state index contributed by atoms with van der Waals surface area (Å²) in [5.74, 6) is -3.19. The Labute approximate surface area is 193 Å². The highest BCUT2D eigenvalue weighted by Gasteiger charge is 2.60. The molecule has 0 bridgehead atoms. The van der Waals surface area contributed by atoms with E-state index in [2.05, 4.69) is 0 Å². The molecule has 8 N–H and O–H groups in total. The molecule has 2 heterocycles. The molecule has 0 unspecified atom stereocenters. The minimum atomic E-state index is -2.30. The summed E-state index contributed by atoms with van der Waals surface area (Å²) in [6, 6.07) is 7.74. The fourth-order valence-corrected chi connectivity index (χ4v) is 3.53. The van der Waals surface area contributed by atoms with Crippen LogP contribution >= 0.6 is 0 Å². The lowest BCUT2D eigenvalue weighted by Gasteiger charge is -2.43. The zero-order valence-corrected chi connectivity index (χ0v) is 17.7. The van der Waals surface area contributed by atoms with E-state index < -0.39 is 80.6 Å². The van der Waals surface area contributed by atoms with Gasteiger partial charge in [-0.05, 0) is 12.1 Å². The number of rotatable bonds is 7. The fraction of sp³-hybridized carbons (Fsp3) is 0.600. The molecule has 1 aromatic carbocycles. The molecule has 9 atom stereocenters. The third-order valence-corrected chi connectivity index (χ3v) is 5.28. The molecular formula is C20H27NO13. The third-order valence-electron chi connectivity index (χ3n) is 5.28. The maximum Gasteiger partial charge on any atom is 0.338 e. The van der Waals surface area contributed by atoms with Gasteiger partial charge in [-0.3, -0.25) is 0 Å². The summed E-state index contributed by atoms with van der Waals surface area (Å²) in [6.07, 6.45) is -12.2. The second-order valence-corrected chi connectivity index (χ2v) is 7.41. The molecule has 3 rings (SSSR count). The third kappa shape index (κ3) is 5.83. The topological polar surface area (TPSA) is 237 Å². The van der Waals surface area contributed by atoms with E-state index in [1.165, 1.54) is 12.1 Å². The van der Waals surface area contributed by atoms with E-state index in [0.29, 0.717) is 0 Å². The van der Waals surface area contributed by atoms with Crippen molar-refractivity contribution in [3.05, 3.63) is 35.9 Å². The Morgan fingerprint density at radius 2 is 1.56 bits per heavy atom. The monoisotopic (exact) mass is 489 g/mol. The number of benzene rings is 1. The van der Waals surface area contributed by atoms with Gasteiger partial charge in [0.2, 0.25) is 11.9 Å². The number of nitrogens with one attached hydrogen (secondary N) is 1. The van der Waals surface area contributed by atoms with E-state index in [-0.39, 0.29) is 5.56 Å². The number of carbonyl (C=O) groups is 1. The fourth-order valence-electron chi connectivity index (χ4n) is 3.53. The van der Waals surface area contributed by atoms with Crippen LogP contribution < -0.4 is 0 Å². The number of esters is 1. The molecule has 0 amide bonds. The number of isocyanates is 1. The van der Waals surface area contributed by atoms with Gasteiger partial charge < -0.3 is 54.7 Å². The maximum absolute atomic E-state index is 12.5. The molecule has 0 spiro atoms. The van der Waals surface area contributed by atoms with Gasteiger partial charge in [-0.25, -0.2) is 15.0 Å². The van der Waals surface area contributed by atoms with Crippen molar-refractivity contribution < 1.29 is 64.3 Å². The number of ether oxygens (including phenoxy) is 4. The van der Waals surface area contributed by atoms with Crippen molar-refractivity contribution in [1.82, 2.24) is 0 Å². The van der Waals surface area contributed by atoms with Gasteiger partial charge in [-0.2, -0.15) is 0 Å². The molecule has 0 radical (unpaired) electrons. The summed E-state index contributed by atoms with van der Waals surface area (Å²) in [5.41, 5.74) is 0.127. The van der Waals surface area contributed by atoms with Crippen LogP contribution in [0.15, 0.2) is 30.3 Å². The molecular weight excluding hydrogens is 462 g/mol. The normalized spacial score (nSPS) is 37.3. The van der Waals surface area contributed by atoms with Crippen LogP contribution in [0.1, 0.15) is 10.4 Å². The summed E-state index contributed by atoms with van der Waals surface area (Å²) < 4.78 is 21.5. The second-order valence-electron chi connectivity index (χ2n) is 7.41. The first kappa shape index (κ1) is 27.9. The molecule has 0 saturated carbocycles. The zero-order chi connectivity index (χ0) is 25.5. The largest absolute Gasteiger partial charge is 0.450 e. The van der Waals surface area contributed by atoms with E-state index in [1.807, 2.05) is 0 Å². The van der Waals surface area contributed by atoms with Gasteiger partial charge in [0.05, 0.1) is 18.8 Å². The minimum absolute atomic E-state index is 0.127. The van der Waals surface area contributed by atoms with Crippen molar-refractivity contribution in [2.75, 3.05) is 19.8 Å². The molecule has 2 aliphatic heterocycles. The Hall–Kier alpha value is -2.33. The van der Waals surface area contributed by atoms with Gasteiger partial charge in [-0.15, -0.1) is 0 Å². The van der Waals surface area contributed by atoms with Crippen LogP contribution in [-0.2, 0) is 23.7 Å². The summed E-state index contributed by atoms with van der Waals surface area (Å²) in [6.45, 7) is -2.46. The van der Waals surface area contributed by atoms with Gasteiger partial charge in [0.1, 0.15) is 43.2 Å². The van der Waals surface area contributed by atoms with E-state index >= 15 is 0 Å². The molecule has 14 nitrogen and oxygen atoms in total. The van der Waals surface area contributed by atoms with Crippen LogP contribution in [0.2, 0.25) is 0 Å². The highest BCUT2D eigenvalue weighted by atomic mass is 16.8. The molecule has 190 valence electrons. The molecule has 2 saturated heterocycles. The van der Waals surface area contributed by atoms with Crippen molar-refractivity contribution in [2.24, 2.45) is 0 Å². The van der Waals surface area contributed by atoms with Crippen molar-refractivity contribution in [1.29, 1.82) is 5.41 Å². The second kappa shape index (κ2) is 12.4. The number of aliphatic hydroxyl groups is 7. The predicted octanol–water partition coefficient (Wildman–Crippen LogP) is -3.63. The van der Waals surface area contributed by atoms with Gasteiger partial charge in [0, 0.05) is 0 Å². The number of aliphatic hydroxyl groups excluding tert-OH is 7. The van der Waals surface area contributed by atoms with E-state index in [9.17, 15) is 40.5 Å². The minimum Gasteiger partial charge on any atom is -0.450 e. The summed E-state index contributed by atoms with van der Waals surface area (Å²) in [7, 11) is 0. The lowest BCUT2D eigenvalue weighted by molar-refractivity contribution is -0.383. The van der Waals surface area contributed by atoms with Gasteiger partial charge in [-0.1, -0.05) is 18.2 Å². The standard InChI is InChI=1S/C19H26O12.CHNO/c20-6-10-12(23)14(25)15(26)18(28-10)31-19(8-22)16(13(24)11(7-21)30-19)29-17(27)9-4-2-1-3-5-9;2-1-3/h1-5,10-16,18,20-26H,6-8H2;2H/t10-,11-,12-,13-,14+,15-,16+,18-,19+;/m1./s1. The first-order chi connectivity index (χ1) is 16.2. The van der Waals surface area contributed by atoms with E-state index in [4.69, 9.17) is 29.2 Å².